The summed E-state index contributed by atoms with van der Waals surface area (Å²) in [6.45, 7) is 3.03. The number of carbonyl (C=O) groups is 2. The number of benzene rings is 2. The van der Waals surface area contributed by atoms with Gasteiger partial charge in [-0.25, -0.2) is 0 Å². The molecule has 2 aliphatic rings. The highest BCUT2D eigenvalue weighted by Crippen LogP contribution is 2.49. The molecule has 5 nitrogen and oxygen atoms in total. The van der Waals surface area contributed by atoms with Crippen LogP contribution in [0.3, 0.4) is 0 Å². The first-order valence-electron chi connectivity index (χ1n) is 10.4. The van der Waals surface area contributed by atoms with Crippen LogP contribution < -0.4 is 5.32 Å². The molecule has 1 amide bonds. The van der Waals surface area contributed by atoms with Crippen molar-refractivity contribution in [1.29, 1.82) is 0 Å². The van der Waals surface area contributed by atoms with Crippen molar-refractivity contribution >= 4 is 24.3 Å². The average molecular weight is 429 g/mol. The number of hydrogen-bond acceptors (Lipinski definition) is 3. The summed E-state index contributed by atoms with van der Waals surface area (Å²) in [6.07, 6.45) is 2.62. The molecule has 2 aromatic rings. The van der Waals surface area contributed by atoms with Crippen molar-refractivity contribution in [2.45, 2.75) is 38.3 Å². The largest absolute Gasteiger partial charge is 0.481 e. The quantitative estimate of drug-likeness (QED) is 0.732. The Bertz CT molecular complexity index is 837. The average Bonchev–Trinajstić information content (AvgIpc) is 3.31. The van der Waals surface area contributed by atoms with Gasteiger partial charge in [0, 0.05) is 13.1 Å². The lowest BCUT2D eigenvalue weighted by atomic mass is 9.81. The number of fused-ring (bicyclic) bond motifs is 1. The van der Waals surface area contributed by atoms with Crippen molar-refractivity contribution in [2.75, 3.05) is 13.1 Å². The zero-order valence-electron chi connectivity index (χ0n) is 17.2. The van der Waals surface area contributed by atoms with Crippen LogP contribution in [0, 0.1) is 11.3 Å². The topological polar surface area (TPSA) is 69.6 Å². The van der Waals surface area contributed by atoms with Gasteiger partial charge >= 0.3 is 5.97 Å². The van der Waals surface area contributed by atoms with E-state index in [-0.39, 0.29) is 36.3 Å². The SMILES string of the molecule is CC(C(=O)NC(c1ccccc1)c1ccccc1)N1C[C@@H]2CCC[C@@]2(C(=O)O)C1.Cl. The fraction of sp³-hybridized carbons (Fsp3) is 0.417. The standard InChI is InChI=1S/C24H28N2O3.ClH/c1-17(26-15-20-13-8-14-24(20,16-26)23(28)29)22(27)25-21(18-9-4-2-5-10-18)19-11-6-3-7-12-19;/h2-7,9-12,17,20-21H,8,13-16H2,1H3,(H,25,27)(H,28,29);1H/t17?,20-,24+;/m0./s1. The predicted octanol–water partition coefficient (Wildman–Crippen LogP) is 3.89. The van der Waals surface area contributed by atoms with Crippen molar-refractivity contribution in [2.24, 2.45) is 11.3 Å². The summed E-state index contributed by atoms with van der Waals surface area (Å²) < 4.78 is 0. The molecule has 1 aliphatic carbocycles. The second-order valence-corrected chi connectivity index (χ2v) is 8.42. The molecule has 1 unspecified atom stereocenters. The Balaban J connectivity index is 0.00000256. The van der Waals surface area contributed by atoms with Crippen LogP contribution >= 0.6 is 12.4 Å². The molecule has 6 heteroatoms. The van der Waals surface area contributed by atoms with Crippen molar-refractivity contribution in [3.05, 3.63) is 71.8 Å². The van der Waals surface area contributed by atoms with E-state index in [4.69, 9.17) is 0 Å². The molecule has 0 radical (unpaired) electrons. The lowest BCUT2D eigenvalue weighted by Gasteiger charge is -2.28. The van der Waals surface area contributed by atoms with E-state index in [0.717, 1.165) is 24.0 Å². The van der Waals surface area contributed by atoms with E-state index in [0.29, 0.717) is 19.5 Å². The number of aliphatic carboxylic acids is 1. The van der Waals surface area contributed by atoms with Gasteiger partial charge < -0.3 is 10.4 Å². The van der Waals surface area contributed by atoms with E-state index in [1.807, 2.05) is 67.6 Å². The molecule has 2 aromatic carbocycles. The maximum atomic E-state index is 13.2. The van der Waals surface area contributed by atoms with Crippen LogP contribution in [0.15, 0.2) is 60.7 Å². The number of hydrogen-bond donors (Lipinski definition) is 2. The molecule has 0 aromatic heterocycles. The Morgan fingerprint density at radius 2 is 1.63 bits per heavy atom. The minimum absolute atomic E-state index is 0. The normalized spacial score (nSPS) is 24.1. The maximum Gasteiger partial charge on any atom is 0.311 e. The summed E-state index contributed by atoms with van der Waals surface area (Å²) in [5.74, 6) is -0.626. The highest BCUT2D eigenvalue weighted by atomic mass is 35.5. The molecule has 1 aliphatic heterocycles. The summed E-state index contributed by atoms with van der Waals surface area (Å²) in [5.41, 5.74) is 1.38. The third kappa shape index (κ3) is 4.09. The molecular weight excluding hydrogens is 400 g/mol. The van der Waals surface area contributed by atoms with Gasteiger partial charge in [-0.15, -0.1) is 12.4 Å². The van der Waals surface area contributed by atoms with Crippen LogP contribution in [0.5, 0.6) is 0 Å². The van der Waals surface area contributed by atoms with E-state index in [2.05, 4.69) is 10.2 Å². The van der Waals surface area contributed by atoms with Crippen molar-refractivity contribution in [3.8, 4) is 0 Å². The minimum Gasteiger partial charge on any atom is -0.481 e. The van der Waals surface area contributed by atoms with Crippen LogP contribution in [-0.2, 0) is 9.59 Å². The van der Waals surface area contributed by atoms with Crippen LogP contribution in [0.4, 0.5) is 0 Å². The van der Waals surface area contributed by atoms with E-state index in [1.54, 1.807) is 0 Å². The lowest BCUT2D eigenvalue weighted by molar-refractivity contribution is -0.149. The molecule has 160 valence electrons. The predicted molar refractivity (Wildman–Crippen MR) is 119 cm³/mol. The van der Waals surface area contributed by atoms with Crippen LogP contribution in [0.25, 0.3) is 0 Å². The summed E-state index contributed by atoms with van der Waals surface area (Å²) in [4.78, 5) is 27.2. The van der Waals surface area contributed by atoms with Crippen molar-refractivity contribution in [3.63, 3.8) is 0 Å². The Morgan fingerprint density at radius 3 is 2.13 bits per heavy atom. The lowest BCUT2D eigenvalue weighted by Crippen LogP contribution is -2.46. The second kappa shape index (κ2) is 9.19. The van der Waals surface area contributed by atoms with Gasteiger partial charge in [0.2, 0.25) is 5.91 Å². The smallest absolute Gasteiger partial charge is 0.311 e. The molecular formula is C24H29ClN2O3. The van der Waals surface area contributed by atoms with Crippen LogP contribution in [0.1, 0.15) is 43.4 Å². The Labute approximate surface area is 183 Å². The molecule has 2 N–H and O–H groups in total. The molecule has 2 fully saturated rings. The van der Waals surface area contributed by atoms with Gasteiger partial charge in [0.1, 0.15) is 0 Å². The van der Waals surface area contributed by atoms with Gasteiger partial charge in [-0.05, 0) is 36.8 Å². The van der Waals surface area contributed by atoms with Crippen molar-refractivity contribution in [1.82, 2.24) is 10.2 Å². The first-order valence-corrected chi connectivity index (χ1v) is 10.4. The fourth-order valence-corrected chi connectivity index (χ4v) is 5.05. The molecule has 1 saturated carbocycles. The number of likely N-dealkylation sites (tertiary alicyclic amines) is 1. The third-order valence-corrected chi connectivity index (χ3v) is 6.80. The van der Waals surface area contributed by atoms with Crippen LogP contribution in [0.2, 0.25) is 0 Å². The van der Waals surface area contributed by atoms with Crippen LogP contribution in [-0.4, -0.2) is 41.0 Å². The number of carbonyl (C=O) groups excluding carboxylic acids is 1. The molecule has 1 saturated heterocycles. The monoisotopic (exact) mass is 428 g/mol. The van der Waals surface area contributed by atoms with Gasteiger partial charge in [0.25, 0.3) is 0 Å². The zero-order valence-corrected chi connectivity index (χ0v) is 18.0. The second-order valence-electron chi connectivity index (χ2n) is 8.42. The Morgan fingerprint density at radius 1 is 1.07 bits per heavy atom. The Kier molecular flexibility index (Phi) is 6.84. The molecule has 0 bridgehead atoms. The number of carboxylic acids is 1. The van der Waals surface area contributed by atoms with E-state index >= 15 is 0 Å². The van der Waals surface area contributed by atoms with Gasteiger partial charge in [-0.2, -0.15) is 0 Å². The Hall–Kier alpha value is -2.37. The highest BCUT2D eigenvalue weighted by Gasteiger charge is 2.55. The summed E-state index contributed by atoms with van der Waals surface area (Å²) in [5, 5.41) is 13.0. The number of rotatable bonds is 6. The van der Waals surface area contributed by atoms with Gasteiger partial charge in [0.05, 0.1) is 17.5 Å². The minimum atomic E-state index is -0.707. The highest BCUT2D eigenvalue weighted by molar-refractivity contribution is 5.85. The van der Waals surface area contributed by atoms with E-state index < -0.39 is 11.4 Å². The number of halogens is 1. The number of nitrogens with one attached hydrogen (secondary N) is 1. The van der Waals surface area contributed by atoms with Gasteiger partial charge in [-0.1, -0.05) is 67.1 Å². The number of carboxylic acid groups (broad SMARTS) is 1. The van der Waals surface area contributed by atoms with Crippen molar-refractivity contribution < 1.29 is 14.7 Å². The first-order chi connectivity index (χ1) is 14.0. The first kappa shape index (κ1) is 22.3. The number of amides is 1. The van der Waals surface area contributed by atoms with Gasteiger partial charge in [0.15, 0.2) is 0 Å². The fourth-order valence-electron chi connectivity index (χ4n) is 5.05. The molecule has 4 rings (SSSR count). The third-order valence-electron chi connectivity index (χ3n) is 6.80. The summed E-state index contributed by atoms with van der Waals surface area (Å²) in [6, 6.07) is 19.3. The van der Waals surface area contributed by atoms with Gasteiger partial charge in [-0.3, -0.25) is 14.5 Å². The molecule has 3 atom stereocenters. The van der Waals surface area contributed by atoms with E-state index in [1.165, 1.54) is 0 Å². The maximum absolute atomic E-state index is 13.2. The van der Waals surface area contributed by atoms with E-state index in [9.17, 15) is 14.7 Å². The summed E-state index contributed by atoms with van der Waals surface area (Å²) in [7, 11) is 0. The number of nitrogens with zero attached hydrogens (tertiary/aromatic N) is 1. The summed E-state index contributed by atoms with van der Waals surface area (Å²) >= 11 is 0. The molecule has 1 heterocycles. The molecule has 0 spiro atoms. The molecule has 30 heavy (non-hydrogen) atoms. The zero-order chi connectivity index (χ0) is 20.4.